The van der Waals surface area contributed by atoms with E-state index < -0.39 is 0 Å². The Bertz CT molecular complexity index is 1100. The maximum atomic E-state index is 4.04. The molecule has 4 rings (SSSR count). The van der Waals surface area contributed by atoms with E-state index in [0.717, 1.165) is 0 Å². The highest BCUT2D eigenvalue weighted by Gasteiger charge is 2.53. The van der Waals surface area contributed by atoms with E-state index in [1.165, 1.54) is 44.5 Å². The average Bonchev–Trinajstić information content (AvgIpc) is 3.17. The van der Waals surface area contributed by atoms with Gasteiger partial charge in [0.1, 0.15) is 0 Å². The summed E-state index contributed by atoms with van der Waals surface area (Å²) in [5, 5.41) is 0. The molecule has 29 heavy (non-hydrogen) atoms. The van der Waals surface area contributed by atoms with Gasteiger partial charge in [0.2, 0.25) is 0 Å². The zero-order valence-electron chi connectivity index (χ0n) is 17.2. The number of rotatable bonds is 4. The van der Waals surface area contributed by atoms with Crippen LogP contribution in [-0.4, -0.2) is 0 Å². The SMILES string of the molecule is C=C/C=C1C(/C=C\C)=C(/C=C\C)C2(C/1=C/C=C)c1ccccc1-c1ccccc12. The van der Waals surface area contributed by atoms with Gasteiger partial charge in [0, 0.05) is 0 Å². The molecule has 2 aliphatic carbocycles. The molecule has 0 unspecified atom stereocenters. The second-order valence-corrected chi connectivity index (χ2v) is 7.30. The highest BCUT2D eigenvalue weighted by Crippen LogP contribution is 2.63. The summed E-state index contributed by atoms with van der Waals surface area (Å²) in [4.78, 5) is 0. The van der Waals surface area contributed by atoms with Crippen molar-refractivity contribution in [2.24, 2.45) is 0 Å². The molecular weight excluding hydrogens is 348 g/mol. The minimum atomic E-state index is -0.350. The predicted octanol–water partition coefficient (Wildman–Crippen LogP) is 7.64. The minimum Gasteiger partial charge on any atom is -0.0991 e. The third-order valence-electron chi connectivity index (χ3n) is 5.87. The fraction of sp³-hybridized carbons (Fsp3) is 0.103. The molecule has 0 bridgehead atoms. The van der Waals surface area contributed by atoms with Crippen LogP contribution in [0.15, 0.2) is 133 Å². The second kappa shape index (κ2) is 7.56. The van der Waals surface area contributed by atoms with Crippen molar-refractivity contribution in [1.82, 2.24) is 0 Å². The van der Waals surface area contributed by atoms with Gasteiger partial charge in [-0.2, -0.15) is 0 Å². The van der Waals surface area contributed by atoms with E-state index in [1.54, 1.807) is 0 Å². The molecule has 0 saturated heterocycles. The Kier molecular flexibility index (Phi) is 4.94. The molecule has 0 N–H and O–H groups in total. The maximum Gasteiger partial charge on any atom is 0.0725 e. The summed E-state index contributed by atoms with van der Waals surface area (Å²) >= 11 is 0. The van der Waals surface area contributed by atoms with Crippen LogP contribution < -0.4 is 0 Å². The van der Waals surface area contributed by atoms with Gasteiger partial charge in [-0.3, -0.25) is 0 Å². The number of fused-ring (bicyclic) bond motifs is 5. The zero-order valence-corrected chi connectivity index (χ0v) is 17.2. The van der Waals surface area contributed by atoms with E-state index in [1.807, 2.05) is 12.2 Å². The van der Waals surface area contributed by atoms with Crippen LogP contribution in [0.3, 0.4) is 0 Å². The summed E-state index contributed by atoms with van der Waals surface area (Å²) < 4.78 is 0. The van der Waals surface area contributed by atoms with Gasteiger partial charge in [-0.1, -0.05) is 110 Å². The molecule has 2 aromatic rings. The molecule has 2 aromatic carbocycles. The van der Waals surface area contributed by atoms with Gasteiger partial charge in [-0.25, -0.2) is 0 Å². The lowest BCUT2D eigenvalue weighted by molar-refractivity contribution is 0.782. The Morgan fingerprint density at radius 3 is 1.79 bits per heavy atom. The Morgan fingerprint density at radius 1 is 0.724 bits per heavy atom. The molecule has 142 valence electrons. The molecule has 0 heterocycles. The highest BCUT2D eigenvalue weighted by molar-refractivity contribution is 5.91. The normalized spacial score (nSPS) is 19.7. The van der Waals surface area contributed by atoms with Crippen LogP contribution in [0, 0.1) is 0 Å². The van der Waals surface area contributed by atoms with Gasteiger partial charge in [0.15, 0.2) is 0 Å². The first-order valence-electron chi connectivity index (χ1n) is 10.1. The molecule has 1 spiro atoms. The predicted molar refractivity (Wildman–Crippen MR) is 126 cm³/mol. The molecule has 2 aliphatic rings. The molecule has 0 amide bonds. The Hall–Kier alpha value is -3.38. The second-order valence-electron chi connectivity index (χ2n) is 7.30. The lowest BCUT2D eigenvalue weighted by atomic mass is 9.69. The van der Waals surface area contributed by atoms with E-state index in [0.29, 0.717) is 0 Å². The molecule has 0 nitrogen and oxygen atoms in total. The Balaban J connectivity index is 2.26. The van der Waals surface area contributed by atoms with Crippen LogP contribution in [0.5, 0.6) is 0 Å². The number of allylic oxidation sites excluding steroid dienone is 12. The zero-order chi connectivity index (χ0) is 20.4. The molecule has 0 aliphatic heterocycles. The molecule has 0 atom stereocenters. The first-order chi connectivity index (χ1) is 14.2. The van der Waals surface area contributed by atoms with Crippen LogP contribution in [0.4, 0.5) is 0 Å². The third-order valence-corrected chi connectivity index (χ3v) is 5.87. The quantitative estimate of drug-likeness (QED) is 0.516. The summed E-state index contributed by atoms with van der Waals surface area (Å²) in [7, 11) is 0. The third kappa shape index (κ3) is 2.53. The van der Waals surface area contributed by atoms with E-state index >= 15 is 0 Å². The Labute approximate surface area is 174 Å². The van der Waals surface area contributed by atoms with Crippen molar-refractivity contribution in [3.8, 4) is 11.1 Å². The lowest BCUT2D eigenvalue weighted by Gasteiger charge is -2.32. The van der Waals surface area contributed by atoms with Crippen LogP contribution >= 0.6 is 0 Å². The van der Waals surface area contributed by atoms with E-state index in [2.05, 4.69) is 112 Å². The maximum absolute atomic E-state index is 4.04. The van der Waals surface area contributed by atoms with Gasteiger partial charge >= 0.3 is 0 Å². The molecule has 0 aromatic heterocycles. The van der Waals surface area contributed by atoms with Crippen molar-refractivity contribution in [2.75, 3.05) is 0 Å². The lowest BCUT2D eigenvalue weighted by Crippen LogP contribution is -2.27. The van der Waals surface area contributed by atoms with Crippen LogP contribution in [0.1, 0.15) is 25.0 Å². The van der Waals surface area contributed by atoms with Crippen LogP contribution in [0.25, 0.3) is 11.1 Å². The minimum absolute atomic E-state index is 0.350. The fourth-order valence-corrected chi connectivity index (χ4v) is 5.01. The average molecular weight is 375 g/mol. The molecule has 0 saturated carbocycles. The first-order valence-corrected chi connectivity index (χ1v) is 10.1. The van der Waals surface area contributed by atoms with Crippen molar-refractivity contribution in [3.63, 3.8) is 0 Å². The molecule has 0 fully saturated rings. The van der Waals surface area contributed by atoms with Gasteiger partial charge in [-0.15, -0.1) is 0 Å². The Morgan fingerprint density at radius 2 is 1.28 bits per heavy atom. The van der Waals surface area contributed by atoms with Gasteiger partial charge in [0.25, 0.3) is 0 Å². The van der Waals surface area contributed by atoms with E-state index in [4.69, 9.17) is 0 Å². The summed E-state index contributed by atoms with van der Waals surface area (Å²) in [6, 6.07) is 17.6. The van der Waals surface area contributed by atoms with Gasteiger partial charge in [0.05, 0.1) is 5.41 Å². The standard InChI is InChI=1S/C29H26/c1-5-13-21-22(14-6-2)26(16-8-4)29(25(21)15-7-3)27-19-11-9-17-23(27)24-18-10-12-20-28(24)29/h5-20H,1,3H2,2,4H3/b14-6-,16-8-,21-13-,25-15+. The summed E-state index contributed by atoms with van der Waals surface area (Å²) in [6.07, 6.45) is 16.9. The van der Waals surface area contributed by atoms with Crippen molar-refractivity contribution >= 4 is 0 Å². The van der Waals surface area contributed by atoms with Crippen molar-refractivity contribution in [1.29, 1.82) is 0 Å². The summed E-state index contributed by atoms with van der Waals surface area (Å²) in [5.74, 6) is 0. The number of hydrogen-bond acceptors (Lipinski definition) is 0. The molecule has 0 radical (unpaired) electrons. The topological polar surface area (TPSA) is 0 Å². The van der Waals surface area contributed by atoms with Crippen molar-refractivity contribution in [2.45, 2.75) is 19.3 Å². The van der Waals surface area contributed by atoms with Crippen molar-refractivity contribution in [3.05, 3.63) is 144 Å². The smallest absolute Gasteiger partial charge is 0.0725 e. The summed E-state index contributed by atoms with van der Waals surface area (Å²) in [5.41, 5.74) is 9.93. The van der Waals surface area contributed by atoms with Gasteiger partial charge < -0.3 is 0 Å². The van der Waals surface area contributed by atoms with E-state index in [-0.39, 0.29) is 5.41 Å². The monoisotopic (exact) mass is 374 g/mol. The fourth-order valence-electron chi connectivity index (χ4n) is 5.01. The van der Waals surface area contributed by atoms with Crippen LogP contribution in [-0.2, 0) is 5.41 Å². The van der Waals surface area contributed by atoms with Gasteiger partial charge in [-0.05, 0) is 58.4 Å². The molecular formula is C29H26. The highest BCUT2D eigenvalue weighted by atomic mass is 14.5. The first kappa shape index (κ1) is 19.0. The number of hydrogen-bond donors (Lipinski definition) is 0. The van der Waals surface area contributed by atoms with Crippen molar-refractivity contribution < 1.29 is 0 Å². The van der Waals surface area contributed by atoms with E-state index in [9.17, 15) is 0 Å². The largest absolute Gasteiger partial charge is 0.0991 e. The van der Waals surface area contributed by atoms with Crippen LogP contribution in [0.2, 0.25) is 0 Å². The molecule has 0 heteroatoms. The number of benzene rings is 2. The summed E-state index contributed by atoms with van der Waals surface area (Å²) in [6.45, 7) is 12.2.